The van der Waals surface area contributed by atoms with Gasteiger partial charge in [0.1, 0.15) is 5.82 Å². The van der Waals surface area contributed by atoms with Crippen molar-refractivity contribution >= 4 is 44.1 Å². The van der Waals surface area contributed by atoms with Crippen LogP contribution in [-0.2, 0) is 22.8 Å². The summed E-state index contributed by atoms with van der Waals surface area (Å²) in [5.41, 5.74) is 1.60. The molecular formula is C14H16Cl2N2O2S. The van der Waals surface area contributed by atoms with Crippen LogP contribution in [0, 0.1) is 0 Å². The minimum absolute atomic E-state index is 0.281. The maximum absolute atomic E-state index is 12.1. The normalized spacial score (nSPS) is 21.1. The van der Waals surface area contributed by atoms with Crippen molar-refractivity contribution in [3.63, 3.8) is 0 Å². The standard InChI is InChI=1S/C14H16Cl2N2O2S/c15-7-6-13-17-12-5-1-4-11(16)14(12)18(13)9-10-3-2-8-21(10,19)20/h1,4-5,10H,2-3,6-9H2. The van der Waals surface area contributed by atoms with Crippen molar-refractivity contribution in [3.05, 3.63) is 29.0 Å². The molecule has 0 bridgehead atoms. The zero-order valence-corrected chi connectivity index (χ0v) is 13.8. The second kappa shape index (κ2) is 5.78. The van der Waals surface area contributed by atoms with Gasteiger partial charge >= 0.3 is 0 Å². The summed E-state index contributed by atoms with van der Waals surface area (Å²) in [5.74, 6) is 1.52. The number of hydrogen-bond donors (Lipinski definition) is 0. The molecule has 0 spiro atoms. The van der Waals surface area contributed by atoms with Crippen LogP contribution >= 0.6 is 23.2 Å². The Morgan fingerprint density at radius 2 is 2.19 bits per heavy atom. The molecule has 1 aliphatic heterocycles. The van der Waals surface area contributed by atoms with Gasteiger partial charge in [0.25, 0.3) is 0 Å². The zero-order valence-electron chi connectivity index (χ0n) is 11.4. The van der Waals surface area contributed by atoms with Crippen LogP contribution in [0.5, 0.6) is 0 Å². The Balaban J connectivity index is 2.09. The lowest BCUT2D eigenvalue weighted by atomic mass is 10.2. The Morgan fingerprint density at radius 1 is 1.38 bits per heavy atom. The van der Waals surface area contributed by atoms with E-state index in [2.05, 4.69) is 4.98 Å². The Bertz CT molecular complexity index is 771. The number of para-hydroxylation sites is 1. The second-order valence-corrected chi connectivity index (χ2v) is 8.50. The molecule has 114 valence electrons. The van der Waals surface area contributed by atoms with E-state index in [1.165, 1.54) is 0 Å². The molecule has 2 heterocycles. The molecule has 1 atom stereocenters. The number of hydrogen-bond acceptors (Lipinski definition) is 3. The topological polar surface area (TPSA) is 52.0 Å². The van der Waals surface area contributed by atoms with Crippen LogP contribution in [0.25, 0.3) is 11.0 Å². The number of rotatable bonds is 4. The van der Waals surface area contributed by atoms with Crippen LogP contribution in [0.4, 0.5) is 0 Å². The van der Waals surface area contributed by atoms with E-state index in [1.807, 2.05) is 16.7 Å². The van der Waals surface area contributed by atoms with E-state index in [-0.39, 0.29) is 11.0 Å². The highest BCUT2D eigenvalue weighted by molar-refractivity contribution is 7.92. The molecular weight excluding hydrogens is 331 g/mol. The third kappa shape index (κ3) is 2.79. The lowest BCUT2D eigenvalue weighted by molar-refractivity contribution is 0.564. The number of aryl methyl sites for hydroxylation is 1. The highest BCUT2D eigenvalue weighted by Crippen LogP contribution is 2.28. The molecule has 1 unspecified atom stereocenters. The van der Waals surface area contributed by atoms with Crippen molar-refractivity contribution < 1.29 is 8.42 Å². The van der Waals surface area contributed by atoms with E-state index >= 15 is 0 Å². The highest BCUT2D eigenvalue weighted by atomic mass is 35.5. The van der Waals surface area contributed by atoms with Gasteiger partial charge in [0.2, 0.25) is 0 Å². The molecule has 4 nitrogen and oxygen atoms in total. The summed E-state index contributed by atoms with van der Waals surface area (Å²) < 4.78 is 26.1. The van der Waals surface area contributed by atoms with Crippen LogP contribution in [0.2, 0.25) is 5.02 Å². The molecule has 1 saturated heterocycles. The first-order valence-electron chi connectivity index (χ1n) is 6.94. The van der Waals surface area contributed by atoms with Gasteiger partial charge in [-0.1, -0.05) is 17.7 Å². The van der Waals surface area contributed by atoms with Crippen molar-refractivity contribution in [2.45, 2.75) is 31.1 Å². The fourth-order valence-electron chi connectivity index (χ4n) is 2.93. The Labute approximate surface area is 134 Å². The molecule has 0 radical (unpaired) electrons. The van der Waals surface area contributed by atoms with E-state index < -0.39 is 9.84 Å². The SMILES string of the molecule is O=S1(=O)CCCC1Cn1c(CCCl)nc2cccc(Cl)c21. The molecule has 0 saturated carbocycles. The predicted molar refractivity (Wildman–Crippen MR) is 86.0 cm³/mol. The summed E-state index contributed by atoms with van der Waals surface area (Å²) in [4.78, 5) is 4.55. The molecule has 1 aromatic carbocycles. The third-order valence-corrected chi connectivity index (χ3v) is 6.72. The number of fused-ring (bicyclic) bond motifs is 1. The zero-order chi connectivity index (χ0) is 15.0. The third-order valence-electron chi connectivity index (χ3n) is 3.96. The fourth-order valence-corrected chi connectivity index (χ4v) is 5.17. The van der Waals surface area contributed by atoms with E-state index in [9.17, 15) is 8.42 Å². The van der Waals surface area contributed by atoms with Crippen LogP contribution in [0.3, 0.4) is 0 Å². The van der Waals surface area contributed by atoms with E-state index in [0.717, 1.165) is 23.3 Å². The van der Waals surface area contributed by atoms with E-state index in [1.54, 1.807) is 6.07 Å². The summed E-state index contributed by atoms with van der Waals surface area (Å²) >= 11 is 12.1. The molecule has 0 aliphatic carbocycles. The highest BCUT2D eigenvalue weighted by Gasteiger charge is 2.32. The molecule has 1 fully saturated rings. The van der Waals surface area contributed by atoms with Crippen molar-refractivity contribution in [2.24, 2.45) is 0 Å². The number of imidazole rings is 1. The smallest absolute Gasteiger partial charge is 0.154 e. The summed E-state index contributed by atoms with van der Waals surface area (Å²) in [6.45, 7) is 0.411. The van der Waals surface area contributed by atoms with Gasteiger partial charge in [0.15, 0.2) is 9.84 Å². The Kier molecular flexibility index (Phi) is 4.17. The van der Waals surface area contributed by atoms with Crippen LogP contribution < -0.4 is 0 Å². The summed E-state index contributed by atoms with van der Waals surface area (Å²) in [6.07, 6.45) is 2.03. The minimum atomic E-state index is -3.00. The molecule has 0 N–H and O–H groups in total. The molecule has 7 heteroatoms. The number of halogens is 2. The first-order valence-corrected chi connectivity index (χ1v) is 9.57. The van der Waals surface area contributed by atoms with E-state index in [4.69, 9.17) is 23.2 Å². The number of alkyl halides is 1. The average Bonchev–Trinajstić information content (AvgIpc) is 2.93. The maximum atomic E-state index is 12.1. The molecule has 3 rings (SSSR count). The van der Waals surface area contributed by atoms with Crippen LogP contribution in [-0.4, -0.2) is 34.9 Å². The van der Waals surface area contributed by atoms with Crippen molar-refractivity contribution in [1.29, 1.82) is 0 Å². The minimum Gasteiger partial charge on any atom is -0.325 e. The van der Waals surface area contributed by atoms with Crippen LogP contribution in [0.15, 0.2) is 18.2 Å². The van der Waals surface area contributed by atoms with Crippen molar-refractivity contribution in [3.8, 4) is 0 Å². The first kappa shape index (κ1) is 15.1. The van der Waals surface area contributed by atoms with Gasteiger partial charge in [-0.3, -0.25) is 0 Å². The molecule has 0 amide bonds. The van der Waals surface area contributed by atoms with Gasteiger partial charge in [0.05, 0.1) is 27.1 Å². The number of nitrogens with zero attached hydrogens (tertiary/aromatic N) is 2. The molecule has 2 aromatic rings. The van der Waals surface area contributed by atoms with Gasteiger partial charge in [0, 0.05) is 18.8 Å². The predicted octanol–water partition coefficient (Wildman–Crippen LogP) is 3.05. The monoisotopic (exact) mass is 346 g/mol. The fraction of sp³-hybridized carbons (Fsp3) is 0.500. The van der Waals surface area contributed by atoms with Crippen molar-refractivity contribution in [1.82, 2.24) is 9.55 Å². The van der Waals surface area contributed by atoms with Crippen molar-refractivity contribution in [2.75, 3.05) is 11.6 Å². The Hall–Kier alpha value is -0.780. The quantitative estimate of drug-likeness (QED) is 0.799. The second-order valence-electron chi connectivity index (χ2n) is 5.32. The lowest BCUT2D eigenvalue weighted by Gasteiger charge is -2.14. The molecule has 1 aliphatic rings. The lowest BCUT2D eigenvalue weighted by Crippen LogP contribution is -2.23. The van der Waals surface area contributed by atoms with Gasteiger partial charge in [-0.25, -0.2) is 13.4 Å². The Morgan fingerprint density at radius 3 is 2.86 bits per heavy atom. The van der Waals surface area contributed by atoms with Gasteiger partial charge < -0.3 is 4.57 Å². The summed E-state index contributed by atoms with van der Waals surface area (Å²) in [6, 6.07) is 5.53. The van der Waals surface area contributed by atoms with Gasteiger partial charge in [-0.15, -0.1) is 11.6 Å². The largest absolute Gasteiger partial charge is 0.325 e. The van der Waals surface area contributed by atoms with E-state index in [0.29, 0.717) is 30.3 Å². The first-order chi connectivity index (χ1) is 10.0. The van der Waals surface area contributed by atoms with Gasteiger partial charge in [-0.05, 0) is 25.0 Å². The average molecular weight is 347 g/mol. The number of sulfone groups is 1. The number of aromatic nitrogens is 2. The summed E-state index contributed by atoms with van der Waals surface area (Å²) in [7, 11) is -3.00. The maximum Gasteiger partial charge on any atom is 0.154 e. The van der Waals surface area contributed by atoms with Crippen LogP contribution in [0.1, 0.15) is 18.7 Å². The summed E-state index contributed by atoms with van der Waals surface area (Å²) in [5, 5.41) is 0.247. The molecule has 1 aromatic heterocycles. The number of benzene rings is 1. The van der Waals surface area contributed by atoms with Gasteiger partial charge in [-0.2, -0.15) is 0 Å². The molecule has 21 heavy (non-hydrogen) atoms.